The Morgan fingerprint density at radius 3 is 2.41 bits per heavy atom. The van der Waals surface area contributed by atoms with Crippen molar-refractivity contribution in [2.75, 3.05) is 20.7 Å². The molecule has 41 heavy (non-hydrogen) atoms. The molecule has 2 aromatic carbocycles. The van der Waals surface area contributed by atoms with Crippen LogP contribution in [0.5, 0.6) is 5.75 Å². The lowest BCUT2D eigenvalue weighted by Gasteiger charge is -2.30. The van der Waals surface area contributed by atoms with Gasteiger partial charge >= 0.3 is 12.1 Å². The lowest BCUT2D eigenvalue weighted by molar-refractivity contribution is -0.145. The van der Waals surface area contributed by atoms with Gasteiger partial charge in [-0.25, -0.2) is 18.4 Å². The van der Waals surface area contributed by atoms with Crippen molar-refractivity contribution in [1.82, 2.24) is 10.2 Å². The Bertz CT molecular complexity index is 1220. The Balaban J connectivity index is 1.42. The molecule has 224 valence electrons. The number of carbonyl (C=O) groups is 2. The van der Waals surface area contributed by atoms with E-state index in [1.54, 1.807) is 26.8 Å². The summed E-state index contributed by atoms with van der Waals surface area (Å²) in [7, 11) is 3.19. The lowest BCUT2D eigenvalue weighted by Crippen LogP contribution is -2.44. The van der Waals surface area contributed by atoms with Crippen molar-refractivity contribution in [2.45, 2.75) is 89.5 Å². The Labute approximate surface area is 241 Å². The second-order valence-electron chi connectivity index (χ2n) is 12.2. The van der Waals surface area contributed by atoms with Crippen LogP contribution in [-0.2, 0) is 27.2 Å². The van der Waals surface area contributed by atoms with Gasteiger partial charge in [0.15, 0.2) is 11.6 Å². The number of esters is 1. The lowest BCUT2D eigenvalue weighted by atomic mass is 9.75. The fourth-order valence-corrected chi connectivity index (χ4v) is 6.06. The van der Waals surface area contributed by atoms with Crippen LogP contribution in [0.3, 0.4) is 0 Å². The van der Waals surface area contributed by atoms with Gasteiger partial charge in [0.2, 0.25) is 0 Å². The molecule has 1 N–H and O–H groups in total. The monoisotopic (exact) mass is 572 g/mol. The average Bonchev–Trinajstić information content (AvgIpc) is 3.35. The first-order valence-corrected chi connectivity index (χ1v) is 14.4. The summed E-state index contributed by atoms with van der Waals surface area (Å²) >= 11 is 0. The van der Waals surface area contributed by atoms with Gasteiger partial charge in [0, 0.05) is 19.0 Å². The van der Waals surface area contributed by atoms with Crippen molar-refractivity contribution in [3.63, 3.8) is 0 Å². The first-order chi connectivity index (χ1) is 19.5. The molecule has 2 aromatic rings. The number of carbonyl (C=O) groups excluding carboxylic acids is 2. The van der Waals surface area contributed by atoms with Gasteiger partial charge in [-0.3, -0.25) is 4.90 Å². The van der Waals surface area contributed by atoms with Gasteiger partial charge < -0.3 is 19.5 Å². The van der Waals surface area contributed by atoms with Crippen LogP contribution in [0.2, 0.25) is 0 Å². The molecule has 2 fully saturated rings. The summed E-state index contributed by atoms with van der Waals surface area (Å²) in [5, 5.41) is 3.24. The zero-order chi connectivity index (χ0) is 29.7. The molecule has 1 saturated carbocycles. The highest BCUT2D eigenvalue weighted by Gasteiger charge is 2.43. The van der Waals surface area contributed by atoms with Crippen molar-refractivity contribution in [3.8, 4) is 5.75 Å². The van der Waals surface area contributed by atoms with E-state index in [9.17, 15) is 18.4 Å². The first-order valence-electron chi connectivity index (χ1n) is 14.4. The standard InChI is InChI=1S/C32H42F2N2O5/c1-32(2,3)41-31(38)36-19-25(17-28(36)30(37)39-5)40-24-15-23(29(34)27(33)16-24)14-20-10-12-21(13-11-20)26-9-7-6-8-22(26)18-35-4/h6-9,15-16,20-21,25,28,35H,10-14,17-19H2,1-5H3/t20-,21-,25-,28-/m0/s1. The fourth-order valence-electron chi connectivity index (χ4n) is 6.06. The van der Waals surface area contributed by atoms with E-state index < -0.39 is 41.4 Å². The minimum absolute atomic E-state index is 0.0576. The topological polar surface area (TPSA) is 77.1 Å². The predicted octanol–water partition coefficient (Wildman–Crippen LogP) is 6.13. The summed E-state index contributed by atoms with van der Waals surface area (Å²) in [6.07, 6.45) is 3.17. The summed E-state index contributed by atoms with van der Waals surface area (Å²) in [5.74, 6) is -1.54. The van der Waals surface area contributed by atoms with Gasteiger partial charge in [-0.15, -0.1) is 0 Å². The van der Waals surface area contributed by atoms with Crippen LogP contribution in [0.4, 0.5) is 13.6 Å². The Morgan fingerprint density at radius 2 is 1.76 bits per heavy atom. The third kappa shape index (κ3) is 7.76. The molecule has 0 spiro atoms. The van der Waals surface area contributed by atoms with Crippen molar-refractivity contribution in [1.29, 1.82) is 0 Å². The molecule has 0 bridgehead atoms. The van der Waals surface area contributed by atoms with Crippen molar-refractivity contribution < 1.29 is 32.6 Å². The maximum absolute atomic E-state index is 14.9. The van der Waals surface area contributed by atoms with Crippen molar-refractivity contribution in [3.05, 3.63) is 64.7 Å². The quantitative estimate of drug-likeness (QED) is 0.384. The van der Waals surface area contributed by atoms with Crippen LogP contribution in [0, 0.1) is 17.6 Å². The number of ether oxygens (including phenoxy) is 3. The third-order valence-electron chi connectivity index (χ3n) is 7.96. The first kappa shape index (κ1) is 30.8. The van der Waals surface area contributed by atoms with Gasteiger partial charge in [-0.1, -0.05) is 24.3 Å². The molecule has 0 unspecified atom stereocenters. The summed E-state index contributed by atoms with van der Waals surface area (Å²) in [6.45, 7) is 6.09. The summed E-state index contributed by atoms with van der Waals surface area (Å²) < 4.78 is 45.9. The van der Waals surface area contributed by atoms with Crippen molar-refractivity contribution >= 4 is 12.1 Å². The van der Waals surface area contributed by atoms with E-state index in [4.69, 9.17) is 14.2 Å². The summed E-state index contributed by atoms with van der Waals surface area (Å²) in [5.41, 5.74) is 2.21. The zero-order valence-electron chi connectivity index (χ0n) is 24.7. The van der Waals surface area contributed by atoms with Crippen LogP contribution in [0.15, 0.2) is 36.4 Å². The molecule has 1 aliphatic carbocycles. The number of hydrogen-bond donors (Lipinski definition) is 1. The van der Waals surface area contributed by atoms with Crippen molar-refractivity contribution in [2.24, 2.45) is 5.92 Å². The molecule has 4 rings (SSSR count). The molecule has 1 aliphatic heterocycles. The minimum atomic E-state index is -0.973. The molecule has 0 aromatic heterocycles. The largest absolute Gasteiger partial charge is 0.488 e. The van der Waals surface area contributed by atoms with Gasteiger partial charge in [-0.2, -0.15) is 0 Å². The number of nitrogens with zero attached hydrogens (tertiary/aromatic N) is 1. The molecule has 7 nitrogen and oxygen atoms in total. The van der Waals surface area contributed by atoms with E-state index >= 15 is 0 Å². The second-order valence-corrected chi connectivity index (χ2v) is 12.2. The smallest absolute Gasteiger partial charge is 0.411 e. The number of methoxy groups -OCH3 is 1. The molecular formula is C32H42F2N2O5. The number of likely N-dealkylation sites (tertiary alicyclic amines) is 1. The zero-order valence-corrected chi connectivity index (χ0v) is 24.7. The minimum Gasteiger partial charge on any atom is -0.488 e. The van der Waals surface area contributed by atoms with E-state index in [1.165, 1.54) is 23.1 Å². The highest BCUT2D eigenvalue weighted by atomic mass is 19.2. The average molecular weight is 573 g/mol. The molecule has 1 saturated heterocycles. The van der Waals surface area contributed by atoms with Gasteiger partial charge in [0.1, 0.15) is 23.5 Å². The normalized spacial score (nSPS) is 22.9. The van der Waals surface area contributed by atoms with Gasteiger partial charge in [0.05, 0.1) is 13.7 Å². The number of benzene rings is 2. The highest BCUT2D eigenvalue weighted by Crippen LogP contribution is 2.39. The van der Waals surface area contributed by atoms with E-state index in [0.29, 0.717) is 12.3 Å². The SMILES string of the molecule is CNCc1ccccc1[C@H]1CC[C@H](Cc2cc(O[C@H]3C[C@@H](C(=O)OC)N(C(=O)OC(C)(C)C)C3)cc(F)c2F)CC1. The number of nitrogens with one attached hydrogen (secondary N) is 1. The molecule has 1 heterocycles. The van der Waals surface area contributed by atoms with Crippen LogP contribution in [0.1, 0.15) is 75.5 Å². The van der Waals surface area contributed by atoms with Gasteiger partial charge in [-0.05, 0) is 94.5 Å². The van der Waals surface area contributed by atoms with Crippen LogP contribution < -0.4 is 10.1 Å². The number of amides is 1. The number of rotatable bonds is 8. The predicted molar refractivity (Wildman–Crippen MR) is 152 cm³/mol. The summed E-state index contributed by atoms with van der Waals surface area (Å²) in [4.78, 5) is 26.4. The van der Waals surface area contributed by atoms with E-state index in [0.717, 1.165) is 38.3 Å². The van der Waals surface area contributed by atoms with Crippen LogP contribution in [0.25, 0.3) is 0 Å². The maximum Gasteiger partial charge on any atom is 0.411 e. The van der Waals surface area contributed by atoms with E-state index in [-0.39, 0.29) is 30.2 Å². The fraction of sp³-hybridized carbons (Fsp3) is 0.562. The van der Waals surface area contributed by atoms with Crippen LogP contribution in [-0.4, -0.2) is 55.4 Å². The Morgan fingerprint density at radius 1 is 1.05 bits per heavy atom. The molecule has 2 atom stereocenters. The second kappa shape index (κ2) is 13.2. The Hall–Kier alpha value is -3.20. The van der Waals surface area contributed by atoms with E-state index in [2.05, 4.69) is 29.6 Å². The molecule has 9 heteroatoms. The highest BCUT2D eigenvalue weighted by molar-refractivity contribution is 5.82. The number of halogens is 2. The number of hydrogen-bond acceptors (Lipinski definition) is 6. The maximum atomic E-state index is 14.9. The Kier molecular flexibility index (Phi) is 9.89. The molecule has 2 aliphatic rings. The molecule has 0 radical (unpaired) electrons. The summed E-state index contributed by atoms with van der Waals surface area (Å²) in [6, 6.07) is 10.2. The van der Waals surface area contributed by atoms with Gasteiger partial charge in [0.25, 0.3) is 0 Å². The van der Waals surface area contributed by atoms with E-state index in [1.807, 2.05) is 7.05 Å². The molecular weight excluding hydrogens is 530 g/mol. The van der Waals surface area contributed by atoms with Crippen LogP contribution >= 0.6 is 0 Å². The molecule has 1 amide bonds. The third-order valence-corrected chi connectivity index (χ3v) is 7.96.